The van der Waals surface area contributed by atoms with E-state index >= 15 is 0 Å². The predicted octanol–water partition coefficient (Wildman–Crippen LogP) is 3.19. The van der Waals surface area contributed by atoms with Gasteiger partial charge in [0.05, 0.1) is 6.61 Å². The number of aryl methyl sites for hydroxylation is 1. The molecule has 78 valence electrons. The molecule has 0 aliphatic carbocycles. The molecule has 0 unspecified atom stereocenters. The van der Waals surface area contributed by atoms with Gasteiger partial charge in [-0.3, -0.25) is 0 Å². The van der Waals surface area contributed by atoms with Crippen LogP contribution >= 0.6 is 12.6 Å². The molecule has 0 atom stereocenters. The molecule has 0 saturated carbocycles. The summed E-state index contributed by atoms with van der Waals surface area (Å²) in [5, 5.41) is 0. The highest BCUT2D eigenvalue weighted by atomic mass is 32.1. The second kappa shape index (κ2) is 5.97. The minimum Gasteiger partial charge on any atom is -0.493 e. The van der Waals surface area contributed by atoms with Gasteiger partial charge in [0, 0.05) is 0 Å². The Hall–Kier alpha value is -0.630. The molecule has 0 heterocycles. The molecule has 0 fully saturated rings. The molecule has 2 heteroatoms. The molecule has 0 N–H and O–H groups in total. The number of ether oxygens (including phenoxy) is 1. The minimum atomic E-state index is 0.576. The van der Waals surface area contributed by atoms with Gasteiger partial charge in [0.15, 0.2) is 0 Å². The van der Waals surface area contributed by atoms with Gasteiger partial charge in [0.2, 0.25) is 0 Å². The van der Waals surface area contributed by atoms with Crippen molar-refractivity contribution in [3.05, 3.63) is 29.8 Å². The highest BCUT2D eigenvalue weighted by Gasteiger charge is 1.97. The first-order valence-corrected chi connectivity index (χ1v) is 5.68. The Morgan fingerprint density at radius 2 is 1.86 bits per heavy atom. The van der Waals surface area contributed by atoms with Crippen molar-refractivity contribution in [3.8, 4) is 5.75 Å². The second-order valence-electron chi connectivity index (χ2n) is 3.82. The number of hydrogen-bond donors (Lipinski definition) is 1. The summed E-state index contributed by atoms with van der Waals surface area (Å²) in [7, 11) is 0. The molecule has 14 heavy (non-hydrogen) atoms. The Morgan fingerprint density at radius 3 is 2.36 bits per heavy atom. The topological polar surface area (TPSA) is 9.23 Å². The number of hydrogen-bond acceptors (Lipinski definition) is 2. The molecule has 0 aliphatic rings. The van der Waals surface area contributed by atoms with Crippen LogP contribution in [-0.4, -0.2) is 12.4 Å². The van der Waals surface area contributed by atoms with Crippen molar-refractivity contribution in [3.63, 3.8) is 0 Å². The monoisotopic (exact) mass is 210 g/mol. The van der Waals surface area contributed by atoms with Gasteiger partial charge >= 0.3 is 0 Å². The van der Waals surface area contributed by atoms with Gasteiger partial charge in [-0.15, -0.1) is 0 Å². The molecule has 0 bridgehead atoms. The van der Waals surface area contributed by atoms with Gasteiger partial charge in [0.1, 0.15) is 5.75 Å². The zero-order chi connectivity index (χ0) is 10.4. The molecule has 0 amide bonds. The van der Waals surface area contributed by atoms with E-state index in [4.69, 9.17) is 4.74 Å². The van der Waals surface area contributed by atoms with E-state index in [0.717, 1.165) is 24.5 Å². The predicted molar refractivity (Wildman–Crippen MR) is 64.3 cm³/mol. The molecule has 1 nitrogen and oxygen atoms in total. The van der Waals surface area contributed by atoms with E-state index in [1.807, 2.05) is 12.1 Å². The van der Waals surface area contributed by atoms with Crippen LogP contribution in [0.2, 0.25) is 0 Å². The van der Waals surface area contributed by atoms with Gasteiger partial charge in [-0.1, -0.05) is 26.0 Å². The molecule has 0 radical (unpaired) electrons. The molecule has 0 aromatic heterocycles. The van der Waals surface area contributed by atoms with E-state index in [2.05, 4.69) is 38.6 Å². The van der Waals surface area contributed by atoms with E-state index in [1.54, 1.807) is 0 Å². The van der Waals surface area contributed by atoms with Crippen LogP contribution < -0.4 is 4.74 Å². The fourth-order valence-corrected chi connectivity index (χ4v) is 1.40. The third-order valence-electron chi connectivity index (χ3n) is 1.91. The number of benzene rings is 1. The maximum absolute atomic E-state index is 5.58. The lowest BCUT2D eigenvalue weighted by atomic mass is 10.2. The summed E-state index contributed by atoms with van der Waals surface area (Å²) in [4.78, 5) is 0. The van der Waals surface area contributed by atoms with Gasteiger partial charge < -0.3 is 4.74 Å². The van der Waals surface area contributed by atoms with E-state index < -0.39 is 0 Å². The van der Waals surface area contributed by atoms with Crippen molar-refractivity contribution < 1.29 is 4.74 Å². The van der Waals surface area contributed by atoms with Crippen LogP contribution in [0, 0.1) is 5.92 Å². The molecule has 0 aliphatic heterocycles. The Morgan fingerprint density at radius 1 is 1.21 bits per heavy atom. The van der Waals surface area contributed by atoms with E-state index in [1.165, 1.54) is 5.56 Å². The van der Waals surface area contributed by atoms with Crippen molar-refractivity contribution in [1.29, 1.82) is 0 Å². The van der Waals surface area contributed by atoms with Gasteiger partial charge in [-0.2, -0.15) is 12.6 Å². The molecular weight excluding hydrogens is 192 g/mol. The normalized spacial score (nSPS) is 10.6. The summed E-state index contributed by atoms with van der Waals surface area (Å²) in [5.74, 6) is 2.43. The van der Waals surface area contributed by atoms with Crippen molar-refractivity contribution in [2.45, 2.75) is 20.3 Å². The molecule has 0 spiro atoms. The van der Waals surface area contributed by atoms with Gasteiger partial charge in [-0.05, 0) is 35.8 Å². The summed E-state index contributed by atoms with van der Waals surface area (Å²) in [6.45, 7) is 5.08. The average molecular weight is 210 g/mol. The molecular formula is C12H18OS. The smallest absolute Gasteiger partial charge is 0.119 e. The van der Waals surface area contributed by atoms with Crippen LogP contribution in [0.1, 0.15) is 19.4 Å². The summed E-state index contributed by atoms with van der Waals surface area (Å²) in [5.41, 5.74) is 1.32. The Balaban J connectivity index is 2.46. The zero-order valence-corrected chi connectivity index (χ0v) is 9.76. The lowest BCUT2D eigenvalue weighted by Gasteiger charge is -2.08. The average Bonchev–Trinajstić information content (AvgIpc) is 2.17. The fraction of sp³-hybridized carbons (Fsp3) is 0.500. The van der Waals surface area contributed by atoms with Crippen molar-refractivity contribution in [2.24, 2.45) is 5.92 Å². The van der Waals surface area contributed by atoms with Gasteiger partial charge in [0.25, 0.3) is 0 Å². The van der Waals surface area contributed by atoms with Crippen LogP contribution in [0.4, 0.5) is 0 Å². The Kier molecular flexibility index (Phi) is 4.88. The summed E-state index contributed by atoms with van der Waals surface area (Å²) < 4.78 is 5.58. The lowest BCUT2D eigenvalue weighted by Crippen LogP contribution is -2.04. The third kappa shape index (κ3) is 4.05. The maximum Gasteiger partial charge on any atom is 0.119 e. The first-order valence-electron chi connectivity index (χ1n) is 5.05. The fourth-order valence-electron chi connectivity index (χ4n) is 1.14. The van der Waals surface area contributed by atoms with Crippen molar-refractivity contribution in [2.75, 3.05) is 12.4 Å². The van der Waals surface area contributed by atoms with Gasteiger partial charge in [-0.25, -0.2) is 0 Å². The highest BCUT2D eigenvalue weighted by Crippen LogP contribution is 2.13. The Labute approximate surface area is 91.9 Å². The first kappa shape index (κ1) is 11.4. The largest absolute Gasteiger partial charge is 0.493 e. The zero-order valence-electron chi connectivity index (χ0n) is 8.86. The Bertz CT molecular complexity index is 254. The molecule has 1 rings (SSSR count). The quantitative estimate of drug-likeness (QED) is 0.734. The van der Waals surface area contributed by atoms with Crippen LogP contribution in [0.15, 0.2) is 24.3 Å². The van der Waals surface area contributed by atoms with Crippen LogP contribution in [0.3, 0.4) is 0 Å². The number of rotatable bonds is 5. The van der Waals surface area contributed by atoms with E-state index in [9.17, 15) is 0 Å². The third-order valence-corrected chi connectivity index (χ3v) is 2.13. The maximum atomic E-state index is 5.58. The van der Waals surface area contributed by atoms with Crippen LogP contribution in [0.5, 0.6) is 5.75 Å². The summed E-state index contributed by atoms with van der Waals surface area (Å²) in [6.07, 6.45) is 1.02. The van der Waals surface area contributed by atoms with E-state index in [-0.39, 0.29) is 0 Å². The SMILES string of the molecule is CC(C)COc1ccc(CCS)cc1. The van der Waals surface area contributed by atoms with Crippen molar-refractivity contribution in [1.82, 2.24) is 0 Å². The summed E-state index contributed by atoms with van der Waals surface area (Å²) >= 11 is 4.19. The van der Waals surface area contributed by atoms with Crippen molar-refractivity contribution >= 4 is 12.6 Å². The molecule has 1 aromatic rings. The number of thiol groups is 1. The lowest BCUT2D eigenvalue weighted by molar-refractivity contribution is 0.271. The standard InChI is InChI=1S/C12H18OS/c1-10(2)9-13-12-5-3-11(4-6-12)7-8-14/h3-6,10,14H,7-9H2,1-2H3. The van der Waals surface area contributed by atoms with Crippen LogP contribution in [-0.2, 0) is 6.42 Å². The first-order chi connectivity index (χ1) is 6.72. The molecule has 0 saturated heterocycles. The highest BCUT2D eigenvalue weighted by molar-refractivity contribution is 7.80. The second-order valence-corrected chi connectivity index (χ2v) is 4.27. The molecule has 1 aromatic carbocycles. The van der Waals surface area contributed by atoms with E-state index in [0.29, 0.717) is 5.92 Å². The van der Waals surface area contributed by atoms with Crippen LogP contribution in [0.25, 0.3) is 0 Å². The minimum absolute atomic E-state index is 0.576. The summed E-state index contributed by atoms with van der Waals surface area (Å²) in [6, 6.07) is 8.26.